The van der Waals surface area contributed by atoms with Gasteiger partial charge in [-0.05, 0) is 5.56 Å². The Balaban J connectivity index is 1.90. The smallest absolute Gasteiger partial charge is 0.101 e. The molecule has 0 aliphatic heterocycles. The number of hydrogen-bond donors (Lipinski definition) is 1. The fourth-order valence-electron chi connectivity index (χ4n) is 1.75. The van der Waals surface area contributed by atoms with Crippen molar-refractivity contribution < 1.29 is 9.84 Å². The molecular weight excluding hydrogens is 258 g/mol. The zero-order valence-electron chi connectivity index (χ0n) is 11.3. The molecule has 2 rings (SSSR count). The van der Waals surface area contributed by atoms with Gasteiger partial charge in [-0.15, -0.1) is 11.3 Å². The highest BCUT2D eigenvalue weighted by Crippen LogP contribution is 2.27. The van der Waals surface area contributed by atoms with Gasteiger partial charge in [0.1, 0.15) is 5.01 Å². The summed E-state index contributed by atoms with van der Waals surface area (Å²) in [5.41, 5.74) is 1.77. The van der Waals surface area contributed by atoms with Gasteiger partial charge in [-0.25, -0.2) is 4.98 Å². The maximum Gasteiger partial charge on any atom is 0.101 e. The Kier molecular flexibility index (Phi) is 4.69. The predicted octanol–water partition coefficient (Wildman–Crippen LogP) is 3.13. The van der Waals surface area contributed by atoms with Crippen LogP contribution in [0.1, 0.15) is 30.1 Å². The van der Waals surface area contributed by atoms with E-state index in [1.165, 1.54) is 5.56 Å². The summed E-state index contributed by atoms with van der Waals surface area (Å²) < 4.78 is 5.79. The summed E-state index contributed by atoms with van der Waals surface area (Å²) in [5.74, 6) is 0. The Morgan fingerprint density at radius 2 is 2.00 bits per heavy atom. The number of aromatic nitrogens is 1. The molecule has 0 fully saturated rings. The first-order chi connectivity index (χ1) is 9.12. The number of hydrogen-bond acceptors (Lipinski definition) is 4. The largest absolute Gasteiger partial charge is 0.390 e. The van der Waals surface area contributed by atoms with Crippen LogP contribution in [0, 0.1) is 0 Å². The molecule has 0 aliphatic carbocycles. The van der Waals surface area contributed by atoms with Crippen LogP contribution in [-0.4, -0.2) is 16.7 Å². The lowest BCUT2D eigenvalue weighted by molar-refractivity contribution is 0.0823. The number of ether oxygens (including phenoxy) is 1. The van der Waals surface area contributed by atoms with Crippen LogP contribution < -0.4 is 0 Å². The summed E-state index contributed by atoms with van der Waals surface area (Å²) in [6.07, 6.45) is 0. The number of thiazole rings is 1. The summed E-state index contributed by atoms with van der Waals surface area (Å²) in [5, 5.41) is 12.0. The first-order valence-corrected chi connectivity index (χ1v) is 7.17. The van der Waals surface area contributed by atoms with Crippen molar-refractivity contribution in [3.8, 4) is 0 Å². The van der Waals surface area contributed by atoms with E-state index in [-0.39, 0.29) is 12.0 Å². The van der Waals surface area contributed by atoms with E-state index in [1.54, 1.807) is 11.3 Å². The monoisotopic (exact) mass is 277 g/mol. The van der Waals surface area contributed by atoms with Crippen LogP contribution in [0.15, 0.2) is 35.7 Å². The van der Waals surface area contributed by atoms with Gasteiger partial charge in [0.25, 0.3) is 0 Å². The Hall–Kier alpha value is -1.23. The third-order valence-electron chi connectivity index (χ3n) is 2.87. The normalized spacial score (nSPS) is 11.7. The van der Waals surface area contributed by atoms with Crippen LogP contribution >= 0.6 is 11.3 Å². The molecule has 0 unspecified atom stereocenters. The highest BCUT2D eigenvalue weighted by Gasteiger charge is 2.24. The van der Waals surface area contributed by atoms with E-state index in [0.29, 0.717) is 13.2 Å². The van der Waals surface area contributed by atoms with E-state index in [2.05, 4.69) is 31.0 Å². The van der Waals surface area contributed by atoms with Gasteiger partial charge < -0.3 is 9.84 Å². The quantitative estimate of drug-likeness (QED) is 0.882. The van der Waals surface area contributed by atoms with E-state index in [0.717, 1.165) is 10.7 Å². The molecule has 1 aromatic heterocycles. The molecule has 0 saturated heterocycles. The topological polar surface area (TPSA) is 42.4 Å². The van der Waals surface area contributed by atoms with Crippen LogP contribution in [0.4, 0.5) is 0 Å². The van der Waals surface area contributed by atoms with Crippen LogP contribution in [0.3, 0.4) is 0 Å². The molecule has 0 saturated carbocycles. The molecule has 0 amide bonds. The van der Waals surface area contributed by atoms with E-state index < -0.39 is 0 Å². The number of aliphatic hydroxyl groups excluding tert-OH is 1. The first kappa shape index (κ1) is 14.2. The van der Waals surface area contributed by atoms with Gasteiger partial charge in [-0.1, -0.05) is 44.2 Å². The molecule has 0 radical (unpaired) electrons. The second kappa shape index (κ2) is 6.28. The van der Waals surface area contributed by atoms with Crippen LogP contribution in [0.2, 0.25) is 0 Å². The van der Waals surface area contributed by atoms with E-state index in [9.17, 15) is 0 Å². The van der Waals surface area contributed by atoms with Gasteiger partial charge in [0, 0.05) is 10.8 Å². The molecule has 0 atom stereocenters. The van der Waals surface area contributed by atoms with Crippen molar-refractivity contribution in [2.75, 3.05) is 6.61 Å². The van der Waals surface area contributed by atoms with Gasteiger partial charge >= 0.3 is 0 Å². The number of rotatable bonds is 6. The molecule has 1 heterocycles. The molecular formula is C15H19NO2S. The average molecular weight is 277 g/mol. The Morgan fingerprint density at radius 3 is 2.63 bits per heavy atom. The fourth-order valence-corrected chi connectivity index (χ4v) is 2.67. The predicted molar refractivity (Wildman–Crippen MR) is 77.2 cm³/mol. The minimum atomic E-state index is -0.132. The molecule has 0 bridgehead atoms. The van der Waals surface area contributed by atoms with Crippen molar-refractivity contribution in [3.05, 3.63) is 52.0 Å². The lowest BCUT2D eigenvalue weighted by Crippen LogP contribution is -2.24. The molecule has 4 heteroatoms. The third-order valence-corrected chi connectivity index (χ3v) is 4.12. The van der Waals surface area contributed by atoms with Crippen molar-refractivity contribution >= 4 is 11.3 Å². The van der Waals surface area contributed by atoms with Gasteiger partial charge in [0.15, 0.2) is 0 Å². The van der Waals surface area contributed by atoms with Gasteiger partial charge in [0.05, 0.1) is 25.5 Å². The molecule has 3 nitrogen and oxygen atoms in total. The van der Waals surface area contributed by atoms with Crippen molar-refractivity contribution in [2.24, 2.45) is 0 Å². The first-order valence-electron chi connectivity index (χ1n) is 6.29. The van der Waals surface area contributed by atoms with Crippen molar-refractivity contribution in [1.82, 2.24) is 4.98 Å². The number of aliphatic hydroxyl groups is 1. The SMILES string of the molecule is CC(C)(COCc1ccccc1)c1nc(CO)cs1. The molecule has 1 N–H and O–H groups in total. The van der Waals surface area contributed by atoms with Crippen molar-refractivity contribution in [3.63, 3.8) is 0 Å². The minimum absolute atomic E-state index is 0.00253. The highest BCUT2D eigenvalue weighted by atomic mass is 32.1. The number of benzene rings is 1. The Bertz CT molecular complexity index is 508. The maximum atomic E-state index is 9.05. The summed E-state index contributed by atoms with van der Waals surface area (Å²) in [4.78, 5) is 4.41. The van der Waals surface area contributed by atoms with Gasteiger partial charge in [-0.2, -0.15) is 0 Å². The molecule has 2 aromatic rings. The van der Waals surface area contributed by atoms with E-state index in [1.807, 2.05) is 23.6 Å². The Labute approximate surface area is 117 Å². The van der Waals surface area contributed by atoms with E-state index in [4.69, 9.17) is 9.84 Å². The zero-order valence-corrected chi connectivity index (χ0v) is 12.1. The van der Waals surface area contributed by atoms with Crippen molar-refractivity contribution in [2.45, 2.75) is 32.5 Å². The molecule has 19 heavy (non-hydrogen) atoms. The zero-order chi connectivity index (χ0) is 13.7. The molecule has 102 valence electrons. The lowest BCUT2D eigenvalue weighted by Gasteiger charge is -2.21. The second-order valence-electron chi connectivity index (χ2n) is 5.16. The van der Waals surface area contributed by atoms with Crippen LogP contribution in [0.5, 0.6) is 0 Å². The number of nitrogens with zero attached hydrogens (tertiary/aromatic N) is 1. The second-order valence-corrected chi connectivity index (χ2v) is 6.02. The minimum Gasteiger partial charge on any atom is -0.390 e. The molecule has 1 aromatic carbocycles. The summed E-state index contributed by atoms with van der Waals surface area (Å²) in [6.45, 7) is 5.44. The molecule has 0 aliphatic rings. The van der Waals surface area contributed by atoms with Gasteiger partial charge in [0.2, 0.25) is 0 Å². The summed E-state index contributed by atoms with van der Waals surface area (Å²) in [6, 6.07) is 10.1. The molecule has 0 spiro atoms. The average Bonchev–Trinajstić information content (AvgIpc) is 2.89. The van der Waals surface area contributed by atoms with Gasteiger partial charge in [-0.3, -0.25) is 0 Å². The standard InChI is InChI=1S/C15H19NO2S/c1-15(2,14-16-13(8-17)10-19-14)11-18-9-12-6-4-3-5-7-12/h3-7,10,17H,8-9,11H2,1-2H3. The summed E-state index contributed by atoms with van der Waals surface area (Å²) >= 11 is 1.58. The lowest BCUT2D eigenvalue weighted by atomic mass is 9.96. The third kappa shape index (κ3) is 3.86. The van der Waals surface area contributed by atoms with E-state index >= 15 is 0 Å². The Morgan fingerprint density at radius 1 is 1.26 bits per heavy atom. The highest BCUT2D eigenvalue weighted by molar-refractivity contribution is 7.09. The summed E-state index contributed by atoms with van der Waals surface area (Å²) in [7, 11) is 0. The van der Waals surface area contributed by atoms with Crippen molar-refractivity contribution in [1.29, 1.82) is 0 Å². The fraction of sp³-hybridized carbons (Fsp3) is 0.400. The van der Waals surface area contributed by atoms with Crippen LogP contribution in [-0.2, 0) is 23.4 Å². The maximum absolute atomic E-state index is 9.05. The van der Waals surface area contributed by atoms with Crippen LogP contribution in [0.25, 0.3) is 0 Å².